The number of nitrogens with one attached hydrogen (secondary N) is 1. The van der Waals surface area contributed by atoms with Crippen LogP contribution in [-0.4, -0.2) is 67.0 Å². The van der Waals surface area contributed by atoms with Gasteiger partial charge >= 0.3 is 0 Å². The van der Waals surface area contributed by atoms with E-state index in [1.165, 1.54) is 7.11 Å². The number of rotatable bonds is 5. The Kier molecular flexibility index (Phi) is 6.01. The molecule has 144 valence electrons. The second kappa shape index (κ2) is 8.62. The number of methoxy groups -OCH3 is 2. The second-order valence-electron chi connectivity index (χ2n) is 6.49. The van der Waals surface area contributed by atoms with E-state index in [9.17, 15) is 9.59 Å². The number of hydrogen-bond donors (Lipinski definition) is 1. The Labute approximate surface area is 158 Å². The van der Waals surface area contributed by atoms with Crippen LogP contribution in [0.25, 0.3) is 0 Å². The molecule has 0 atom stereocenters. The molecule has 0 radical (unpaired) electrons. The normalized spacial score (nSPS) is 14.6. The summed E-state index contributed by atoms with van der Waals surface area (Å²) in [4.78, 5) is 32.1. The summed E-state index contributed by atoms with van der Waals surface area (Å²) in [6, 6.07) is 7.08. The summed E-state index contributed by atoms with van der Waals surface area (Å²) in [5.41, 5.74) is 1.48. The van der Waals surface area contributed by atoms with Crippen molar-refractivity contribution in [3.8, 4) is 11.5 Å². The number of aromatic amines is 1. The zero-order valence-electron chi connectivity index (χ0n) is 15.7. The van der Waals surface area contributed by atoms with Gasteiger partial charge in [0.05, 0.1) is 26.2 Å². The van der Waals surface area contributed by atoms with E-state index in [1.807, 2.05) is 23.4 Å². The SMILES string of the molecule is COc1ccc(C(=O)N2CCCN(C(=O)Cc3cc[nH]c3)CC2)c(OC)c1. The highest BCUT2D eigenvalue weighted by atomic mass is 16.5. The topological polar surface area (TPSA) is 74.9 Å². The van der Waals surface area contributed by atoms with E-state index < -0.39 is 0 Å². The van der Waals surface area contributed by atoms with Crippen molar-refractivity contribution in [3.05, 3.63) is 47.8 Å². The van der Waals surface area contributed by atoms with Crippen LogP contribution in [0.1, 0.15) is 22.3 Å². The lowest BCUT2D eigenvalue weighted by Gasteiger charge is -2.23. The Balaban J connectivity index is 1.65. The highest BCUT2D eigenvalue weighted by molar-refractivity contribution is 5.97. The number of amides is 2. The lowest BCUT2D eigenvalue weighted by Crippen LogP contribution is -2.38. The Bertz CT molecular complexity index is 789. The van der Waals surface area contributed by atoms with E-state index >= 15 is 0 Å². The number of aromatic nitrogens is 1. The minimum Gasteiger partial charge on any atom is -0.497 e. The van der Waals surface area contributed by atoms with Crippen LogP contribution in [0.3, 0.4) is 0 Å². The molecule has 1 N–H and O–H groups in total. The van der Waals surface area contributed by atoms with Gasteiger partial charge in [-0.2, -0.15) is 0 Å². The summed E-state index contributed by atoms with van der Waals surface area (Å²) in [5, 5.41) is 0. The number of hydrogen-bond acceptors (Lipinski definition) is 4. The van der Waals surface area contributed by atoms with Crippen molar-refractivity contribution < 1.29 is 19.1 Å². The maximum atomic E-state index is 13.0. The molecule has 3 rings (SSSR count). The first-order chi connectivity index (χ1) is 13.1. The third-order valence-electron chi connectivity index (χ3n) is 4.79. The van der Waals surface area contributed by atoms with E-state index in [4.69, 9.17) is 9.47 Å². The third kappa shape index (κ3) is 4.42. The van der Waals surface area contributed by atoms with Gasteiger partial charge in [-0.05, 0) is 30.2 Å². The molecule has 2 heterocycles. The molecule has 1 aliphatic rings. The van der Waals surface area contributed by atoms with Gasteiger partial charge in [0.2, 0.25) is 5.91 Å². The summed E-state index contributed by atoms with van der Waals surface area (Å²) in [6.45, 7) is 2.31. The predicted octanol–water partition coefficient (Wildman–Crippen LogP) is 1.95. The zero-order chi connectivity index (χ0) is 19.2. The number of ether oxygens (including phenoxy) is 2. The fraction of sp³-hybridized carbons (Fsp3) is 0.400. The second-order valence-corrected chi connectivity index (χ2v) is 6.49. The molecule has 2 aromatic rings. The summed E-state index contributed by atoms with van der Waals surface area (Å²) < 4.78 is 10.5. The molecule has 0 saturated carbocycles. The standard InChI is InChI=1S/C20H25N3O4/c1-26-16-4-5-17(18(13-16)27-2)20(25)23-9-3-8-22(10-11-23)19(24)12-15-6-7-21-14-15/h4-7,13-14,21H,3,8-12H2,1-2H3. The molecule has 7 heteroatoms. The van der Waals surface area contributed by atoms with Gasteiger partial charge in [0.25, 0.3) is 5.91 Å². The lowest BCUT2D eigenvalue weighted by atomic mass is 10.1. The quantitative estimate of drug-likeness (QED) is 0.872. The Hall–Kier alpha value is -2.96. The highest BCUT2D eigenvalue weighted by Gasteiger charge is 2.25. The lowest BCUT2D eigenvalue weighted by molar-refractivity contribution is -0.130. The summed E-state index contributed by atoms with van der Waals surface area (Å²) >= 11 is 0. The molecular formula is C20H25N3O4. The maximum Gasteiger partial charge on any atom is 0.257 e. The number of H-pyrrole nitrogens is 1. The molecule has 0 bridgehead atoms. The fourth-order valence-corrected chi connectivity index (χ4v) is 3.27. The molecule has 7 nitrogen and oxygen atoms in total. The fourth-order valence-electron chi connectivity index (χ4n) is 3.27. The molecule has 1 fully saturated rings. The molecule has 0 aliphatic carbocycles. The summed E-state index contributed by atoms with van der Waals surface area (Å²) in [6.07, 6.45) is 4.78. The van der Waals surface area contributed by atoms with Gasteiger partial charge in [-0.15, -0.1) is 0 Å². The van der Waals surface area contributed by atoms with E-state index in [0.717, 1.165) is 12.0 Å². The van der Waals surface area contributed by atoms with Gasteiger partial charge in [-0.25, -0.2) is 0 Å². The van der Waals surface area contributed by atoms with E-state index in [1.54, 1.807) is 30.2 Å². The monoisotopic (exact) mass is 371 g/mol. The highest BCUT2D eigenvalue weighted by Crippen LogP contribution is 2.26. The number of carbonyl (C=O) groups is 2. The average Bonchev–Trinajstić information content (AvgIpc) is 3.07. The van der Waals surface area contributed by atoms with E-state index in [2.05, 4.69) is 4.98 Å². The molecule has 1 aromatic heterocycles. The molecule has 2 amide bonds. The molecule has 0 unspecified atom stereocenters. The first-order valence-corrected chi connectivity index (χ1v) is 9.03. The molecule has 0 spiro atoms. The van der Waals surface area contributed by atoms with Crippen molar-refractivity contribution in [3.63, 3.8) is 0 Å². The van der Waals surface area contributed by atoms with Crippen molar-refractivity contribution >= 4 is 11.8 Å². The smallest absolute Gasteiger partial charge is 0.257 e. The van der Waals surface area contributed by atoms with Crippen molar-refractivity contribution in [1.29, 1.82) is 0 Å². The number of carbonyl (C=O) groups excluding carboxylic acids is 2. The first kappa shape index (κ1) is 18.8. The van der Waals surface area contributed by atoms with E-state index in [0.29, 0.717) is 49.7 Å². The summed E-state index contributed by atoms with van der Waals surface area (Å²) in [5.74, 6) is 1.13. The molecule has 27 heavy (non-hydrogen) atoms. The predicted molar refractivity (Wildman–Crippen MR) is 101 cm³/mol. The molecular weight excluding hydrogens is 346 g/mol. The van der Waals surface area contributed by atoms with Gasteiger partial charge in [0.1, 0.15) is 11.5 Å². The molecule has 1 aliphatic heterocycles. The molecule has 1 saturated heterocycles. The summed E-state index contributed by atoms with van der Waals surface area (Å²) in [7, 11) is 3.11. The van der Waals surface area contributed by atoms with Crippen LogP contribution < -0.4 is 9.47 Å². The Morgan fingerprint density at radius 1 is 1.04 bits per heavy atom. The minimum absolute atomic E-state index is 0.0885. The van der Waals surface area contributed by atoms with Gasteiger partial charge < -0.3 is 24.3 Å². The maximum absolute atomic E-state index is 13.0. The van der Waals surface area contributed by atoms with Crippen LogP contribution in [-0.2, 0) is 11.2 Å². The van der Waals surface area contributed by atoms with Crippen LogP contribution in [0.2, 0.25) is 0 Å². The van der Waals surface area contributed by atoms with Gasteiger partial charge in [0, 0.05) is 44.6 Å². The Morgan fingerprint density at radius 3 is 2.52 bits per heavy atom. The Morgan fingerprint density at radius 2 is 1.81 bits per heavy atom. The van der Waals surface area contributed by atoms with Crippen LogP contribution in [0.15, 0.2) is 36.7 Å². The van der Waals surface area contributed by atoms with Crippen molar-refractivity contribution in [2.75, 3.05) is 40.4 Å². The van der Waals surface area contributed by atoms with Gasteiger partial charge in [0.15, 0.2) is 0 Å². The zero-order valence-corrected chi connectivity index (χ0v) is 15.7. The van der Waals surface area contributed by atoms with E-state index in [-0.39, 0.29) is 11.8 Å². The largest absolute Gasteiger partial charge is 0.497 e. The number of nitrogens with zero attached hydrogens (tertiary/aromatic N) is 2. The molecule has 1 aromatic carbocycles. The van der Waals surface area contributed by atoms with Crippen molar-refractivity contribution in [1.82, 2.24) is 14.8 Å². The first-order valence-electron chi connectivity index (χ1n) is 9.03. The average molecular weight is 371 g/mol. The van der Waals surface area contributed by atoms with Crippen molar-refractivity contribution in [2.24, 2.45) is 0 Å². The van der Waals surface area contributed by atoms with Gasteiger partial charge in [-0.1, -0.05) is 0 Å². The van der Waals surface area contributed by atoms with Crippen LogP contribution in [0, 0.1) is 0 Å². The van der Waals surface area contributed by atoms with Gasteiger partial charge in [-0.3, -0.25) is 9.59 Å². The number of benzene rings is 1. The third-order valence-corrected chi connectivity index (χ3v) is 4.79. The van der Waals surface area contributed by atoms with Crippen molar-refractivity contribution in [2.45, 2.75) is 12.8 Å². The van der Waals surface area contributed by atoms with Crippen LogP contribution >= 0.6 is 0 Å². The van der Waals surface area contributed by atoms with Crippen LogP contribution in [0.4, 0.5) is 0 Å². The minimum atomic E-state index is -0.0885. The van der Waals surface area contributed by atoms with Crippen LogP contribution in [0.5, 0.6) is 11.5 Å².